The number of unbranched alkanes of at least 4 members (excludes halogenated alkanes) is 1. The van der Waals surface area contributed by atoms with Gasteiger partial charge in [-0.25, -0.2) is 4.98 Å². The van der Waals surface area contributed by atoms with Gasteiger partial charge in [0.25, 0.3) is 5.91 Å². The molecule has 1 saturated carbocycles. The Bertz CT molecular complexity index is 1280. The first-order valence-electron chi connectivity index (χ1n) is 16.6. The van der Waals surface area contributed by atoms with Crippen LogP contribution in [0.4, 0.5) is 23.1 Å². The van der Waals surface area contributed by atoms with Gasteiger partial charge in [-0.1, -0.05) is 19.8 Å². The van der Waals surface area contributed by atoms with Gasteiger partial charge in [0.2, 0.25) is 11.9 Å². The highest BCUT2D eigenvalue weighted by molar-refractivity contribution is 6.04. The van der Waals surface area contributed by atoms with Gasteiger partial charge in [-0.05, 0) is 76.2 Å². The first-order valence-corrected chi connectivity index (χ1v) is 16.6. The maximum Gasteiger partial charge on any atom is 0.251 e. The topological polar surface area (TPSA) is 130 Å². The highest BCUT2D eigenvalue weighted by Crippen LogP contribution is 2.40. The third-order valence-electron chi connectivity index (χ3n) is 8.99. The summed E-state index contributed by atoms with van der Waals surface area (Å²) in [6.07, 6.45) is 11.0. The van der Waals surface area contributed by atoms with Crippen molar-refractivity contribution in [3.05, 3.63) is 30.0 Å². The van der Waals surface area contributed by atoms with E-state index in [9.17, 15) is 9.59 Å². The molecule has 0 radical (unpaired) electrons. The van der Waals surface area contributed by atoms with Crippen LogP contribution in [0, 0.1) is 0 Å². The van der Waals surface area contributed by atoms with E-state index in [1.54, 1.807) is 43.5 Å². The number of carbonyl (C=O) groups is 2. The van der Waals surface area contributed by atoms with Gasteiger partial charge >= 0.3 is 0 Å². The minimum Gasteiger partial charge on any atom is -0.495 e. The maximum atomic E-state index is 13.2. The average molecular weight is 624 g/mol. The number of methoxy groups -OCH3 is 1. The molecule has 1 aromatic heterocycles. The van der Waals surface area contributed by atoms with Gasteiger partial charge in [-0.3, -0.25) is 9.59 Å². The largest absolute Gasteiger partial charge is 0.495 e. The SMILES string of the molecule is CC[C@@H]1C(=O)N(C)c2cnc(Nc3ccc(C(=O)NCCCCOCCOC4CCNCC4)cc3OC)nc2N1C1CCCC1. The van der Waals surface area contributed by atoms with Crippen LogP contribution in [-0.4, -0.2) is 93.6 Å². The number of ether oxygens (including phenoxy) is 3. The molecular weight excluding hydrogens is 574 g/mol. The van der Waals surface area contributed by atoms with E-state index in [1.807, 2.05) is 0 Å². The van der Waals surface area contributed by atoms with Crippen molar-refractivity contribution in [3.8, 4) is 5.75 Å². The van der Waals surface area contributed by atoms with Crippen LogP contribution in [0.2, 0.25) is 0 Å². The summed E-state index contributed by atoms with van der Waals surface area (Å²) < 4.78 is 17.2. The van der Waals surface area contributed by atoms with Gasteiger partial charge in [0.15, 0.2) is 5.82 Å². The third-order valence-corrected chi connectivity index (χ3v) is 8.99. The zero-order valence-corrected chi connectivity index (χ0v) is 27.0. The minimum atomic E-state index is -0.239. The van der Waals surface area contributed by atoms with E-state index in [-0.39, 0.29) is 23.9 Å². The number of amides is 2. The molecule has 45 heavy (non-hydrogen) atoms. The Kier molecular flexibility index (Phi) is 11.8. The number of nitrogens with one attached hydrogen (secondary N) is 3. The minimum absolute atomic E-state index is 0.0820. The number of carbonyl (C=O) groups excluding carboxylic acids is 2. The molecule has 2 fully saturated rings. The van der Waals surface area contributed by atoms with E-state index in [2.05, 4.69) is 32.8 Å². The average Bonchev–Trinajstić information content (AvgIpc) is 3.60. The fraction of sp³-hybridized carbons (Fsp3) is 0.636. The Hall–Kier alpha value is -3.48. The molecule has 5 rings (SSSR count). The van der Waals surface area contributed by atoms with Crippen molar-refractivity contribution < 1.29 is 23.8 Å². The first kappa shape index (κ1) is 32.9. The highest BCUT2D eigenvalue weighted by Gasteiger charge is 2.41. The van der Waals surface area contributed by atoms with Crippen molar-refractivity contribution in [1.29, 1.82) is 0 Å². The monoisotopic (exact) mass is 623 g/mol. The Morgan fingerprint density at radius 1 is 1.09 bits per heavy atom. The lowest BCUT2D eigenvalue weighted by Crippen LogP contribution is -2.55. The smallest absolute Gasteiger partial charge is 0.251 e. The van der Waals surface area contributed by atoms with E-state index in [0.717, 1.165) is 70.3 Å². The van der Waals surface area contributed by atoms with Crippen molar-refractivity contribution in [2.45, 2.75) is 82.9 Å². The molecule has 0 bridgehead atoms. The summed E-state index contributed by atoms with van der Waals surface area (Å²) in [5, 5.41) is 9.60. The summed E-state index contributed by atoms with van der Waals surface area (Å²) in [6.45, 7) is 6.54. The van der Waals surface area contributed by atoms with Gasteiger partial charge in [0.05, 0.1) is 38.3 Å². The number of piperidine rings is 1. The van der Waals surface area contributed by atoms with Crippen molar-refractivity contribution in [3.63, 3.8) is 0 Å². The van der Waals surface area contributed by atoms with Crippen LogP contribution in [0.3, 0.4) is 0 Å². The molecule has 246 valence electrons. The number of nitrogens with zero attached hydrogens (tertiary/aromatic N) is 4. The second-order valence-corrected chi connectivity index (χ2v) is 12.0. The molecule has 3 aliphatic rings. The quantitative estimate of drug-likeness (QED) is 0.250. The molecule has 0 spiro atoms. The normalized spacial score (nSPS) is 19.1. The second kappa shape index (κ2) is 16.2. The Morgan fingerprint density at radius 3 is 2.64 bits per heavy atom. The fourth-order valence-electron chi connectivity index (χ4n) is 6.47. The molecule has 1 aromatic carbocycles. The summed E-state index contributed by atoms with van der Waals surface area (Å²) in [5.41, 5.74) is 1.87. The van der Waals surface area contributed by atoms with Crippen LogP contribution in [0.1, 0.15) is 75.1 Å². The number of fused-ring (bicyclic) bond motifs is 1. The number of aromatic nitrogens is 2. The fourth-order valence-corrected chi connectivity index (χ4v) is 6.47. The van der Waals surface area contributed by atoms with Crippen molar-refractivity contribution in [1.82, 2.24) is 20.6 Å². The molecule has 1 saturated heterocycles. The standard InChI is InChI=1S/C33H49N7O5/c1-4-27-32(42)39(2)28-22-36-33(38-30(28)40(27)24-9-5-6-10-24)37-26-12-11-23(21-29(26)43-3)31(41)35-15-7-8-18-44-19-20-45-25-13-16-34-17-14-25/h11-12,21-22,24-25,27,34H,4-10,13-20H2,1-3H3,(H,35,41)(H,36,37,38)/t27-/m1/s1. The molecular formula is C33H49N7O5. The summed E-state index contributed by atoms with van der Waals surface area (Å²) >= 11 is 0. The predicted molar refractivity (Wildman–Crippen MR) is 175 cm³/mol. The van der Waals surface area contributed by atoms with Crippen LogP contribution in [0.25, 0.3) is 0 Å². The van der Waals surface area contributed by atoms with Gasteiger partial charge in [-0.2, -0.15) is 4.98 Å². The number of rotatable bonds is 15. The third kappa shape index (κ3) is 8.22. The Morgan fingerprint density at radius 2 is 1.89 bits per heavy atom. The van der Waals surface area contributed by atoms with Gasteiger partial charge in [0, 0.05) is 31.8 Å². The zero-order chi connectivity index (χ0) is 31.6. The number of likely N-dealkylation sites (N-methyl/N-ethyl adjacent to an activating group) is 1. The van der Waals surface area contributed by atoms with Crippen molar-refractivity contribution in [2.24, 2.45) is 0 Å². The molecule has 1 aliphatic carbocycles. The number of benzene rings is 1. The molecule has 0 unspecified atom stereocenters. The summed E-state index contributed by atoms with van der Waals surface area (Å²) in [4.78, 5) is 39.3. The van der Waals surface area contributed by atoms with Gasteiger partial charge in [-0.15, -0.1) is 0 Å². The van der Waals surface area contributed by atoms with Gasteiger partial charge < -0.3 is 40.0 Å². The van der Waals surface area contributed by atoms with E-state index < -0.39 is 0 Å². The lowest BCUT2D eigenvalue weighted by Gasteiger charge is -2.43. The van der Waals surface area contributed by atoms with Gasteiger partial charge in [0.1, 0.15) is 17.5 Å². The number of hydrogen-bond donors (Lipinski definition) is 3. The van der Waals surface area contributed by atoms with E-state index >= 15 is 0 Å². The summed E-state index contributed by atoms with van der Waals surface area (Å²) in [6, 6.07) is 5.32. The van der Waals surface area contributed by atoms with Crippen molar-refractivity contribution in [2.75, 3.05) is 68.7 Å². The maximum absolute atomic E-state index is 13.2. The van der Waals surface area contributed by atoms with Crippen LogP contribution in [-0.2, 0) is 14.3 Å². The number of anilines is 4. The van der Waals surface area contributed by atoms with Crippen LogP contribution >= 0.6 is 0 Å². The second-order valence-electron chi connectivity index (χ2n) is 12.0. The first-order chi connectivity index (χ1) is 22.0. The molecule has 3 N–H and O–H groups in total. The summed E-state index contributed by atoms with van der Waals surface area (Å²) in [7, 11) is 3.36. The Balaban J connectivity index is 1.12. The van der Waals surface area contributed by atoms with Crippen molar-refractivity contribution >= 4 is 35.0 Å². The number of hydrogen-bond acceptors (Lipinski definition) is 10. The Labute approximate surface area is 266 Å². The van der Waals surface area contributed by atoms with Crippen LogP contribution in [0.5, 0.6) is 5.75 Å². The molecule has 12 nitrogen and oxygen atoms in total. The molecule has 2 aliphatic heterocycles. The molecule has 2 amide bonds. The van der Waals surface area contributed by atoms with E-state index in [1.165, 1.54) is 0 Å². The molecule has 3 heterocycles. The lowest BCUT2D eigenvalue weighted by atomic mass is 10.0. The van der Waals surface area contributed by atoms with E-state index in [4.69, 9.17) is 19.2 Å². The zero-order valence-electron chi connectivity index (χ0n) is 27.0. The van der Waals surface area contributed by atoms with Crippen LogP contribution in [0.15, 0.2) is 24.4 Å². The van der Waals surface area contributed by atoms with E-state index in [0.29, 0.717) is 67.5 Å². The molecule has 1 atom stereocenters. The highest BCUT2D eigenvalue weighted by atomic mass is 16.5. The summed E-state index contributed by atoms with van der Waals surface area (Å²) in [5.74, 6) is 1.62. The predicted octanol–water partition coefficient (Wildman–Crippen LogP) is 4.03. The molecule has 2 aromatic rings. The lowest BCUT2D eigenvalue weighted by molar-refractivity contribution is -0.120. The molecule has 12 heteroatoms. The van der Waals surface area contributed by atoms with Crippen LogP contribution < -0.4 is 30.5 Å².